The van der Waals surface area contributed by atoms with Gasteiger partial charge in [-0.3, -0.25) is 10.1 Å². The first-order valence-electron chi connectivity index (χ1n) is 8.68. The number of para-hydroxylation sites is 1. The Labute approximate surface area is 164 Å². The van der Waals surface area contributed by atoms with E-state index in [0.717, 1.165) is 12.2 Å². The Morgan fingerprint density at radius 1 is 0.926 bits per heavy atom. The highest BCUT2D eigenvalue weighted by Gasteiger charge is 2.07. The first-order valence-corrected chi connectivity index (χ1v) is 9.08. The van der Waals surface area contributed by atoms with Gasteiger partial charge in [0.2, 0.25) is 0 Å². The minimum Gasteiger partial charge on any atom is -0.490 e. The number of hydrogen-bond acceptors (Lipinski definition) is 5. The standard InChI is InChI=1S/C20H24N2O4S/c1-24-13-5-12-21-20(27)22-19(23)16-8-10-18(11-9-16)26-15-14-25-17-6-3-2-4-7-17/h2-4,6-11H,5,12-15H2,1H3,(H2,21,22,23,27). The van der Waals surface area contributed by atoms with E-state index in [0.29, 0.717) is 42.8 Å². The van der Waals surface area contributed by atoms with Gasteiger partial charge in [-0.2, -0.15) is 0 Å². The molecule has 2 aromatic carbocycles. The molecule has 0 bridgehead atoms. The topological polar surface area (TPSA) is 68.8 Å². The van der Waals surface area contributed by atoms with Gasteiger partial charge in [0.1, 0.15) is 24.7 Å². The summed E-state index contributed by atoms with van der Waals surface area (Å²) >= 11 is 5.09. The average Bonchev–Trinajstić information content (AvgIpc) is 2.70. The number of nitrogens with one attached hydrogen (secondary N) is 2. The highest BCUT2D eigenvalue weighted by Crippen LogP contribution is 2.13. The largest absolute Gasteiger partial charge is 0.490 e. The zero-order valence-electron chi connectivity index (χ0n) is 15.3. The maximum atomic E-state index is 12.1. The summed E-state index contributed by atoms with van der Waals surface area (Å²) in [5.74, 6) is 1.21. The van der Waals surface area contributed by atoms with Crippen LogP contribution in [-0.4, -0.2) is 44.5 Å². The third kappa shape index (κ3) is 8.06. The number of carbonyl (C=O) groups is 1. The van der Waals surface area contributed by atoms with Gasteiger partial charge in [-0.1, -0.05) is 18.2 Å². The van der Waals surface area contributed by atoms with Crippen molar-refractivity contribution in [3.8, 4) is 11.5 Å². The Morgan fingerprint density at radius 3 is 2.19 bits per heavy atom. The highest BCUT2D eigenvalue weighted by atomic mass is 32.1. The van der Waals surface area contributed by atoms with Gasteiger partial charge in [0.25, 0.3) is 5.91 Å². The molecule has 6 nitrogen and oxygen atoms in total. The third-order valence-corrected chi connectivity index (χ3v) is 3.76. The molecule has 0 aliphatic carbocycles. The van der Waals surface area contributed by atoms with Crippen LogP contribution in [0.2, 0.25) is 0 Å². The first-order chi connectivity index (χ1) is 13.2. The Hall–Kier alpha value is -2.64. The fourth-order valence-corrected chi connectivity index (χ4v) is 2.37. The van der Waals surface area contributed by atoms with E-state index in [4.69, 9.17) is 26.4 Å². The molecule has 0 saturated heterocycles. The van der Waals surface area contributed by atoms with E-state index in [1.165, 1.54) is 0 Å². The van der Waals surface area contributed by atoms with E-state index in [9.17, 15) is 4.79 Å². The summed E-state index contributed by atoms with van der Waals surface area (Å²) in [6, 6.07) is 16.4. The minimum absolute atomic E-state index is 0.266. The smallest absolute Gasteiger partial charge is 0.257 e. The van der Waals surface area contributed by atoms with Crippen LogP contribution in [0.3, 0.4) is 0 Å². The van der Waals surface area contributed by atoms with Crippen molar-refractivity contribution in [3.05, 3.63) is 60.2 Å². The fourth-order valence-electron chi connectivity index (χ4n) is 2.18. The molecule has 0 aliphatic heterocycles. The van der Waals surface area contributed by atoms with Crippen molar-refractivity contribution in [3.63, 3.8) is 0 Å². The summed E-state index contributed by atoms with van der Waals surface area (Å²) in [5, 5.41) is 5.90. The van der Waals surface area contributed by atoms with Crippen LogP contribution in [0.1, 0.15) is 16.8 Å². The Balaban J connectivity index is 1.69. The Bertz CT molecular complexity index is 708. The zero-order valence-corrected chi connectivity index (χ0v) is 16.1. The van der Waals surface area contributed by atoms with Crippen molar-refractivity contribution in [1.29, 1.82) is 0 Å². The van der Waals surface area contributed by atoms with Crippen LogP contribution in [0.25, 0.3) is 0 Å². The number of thiocarbonyl (C=S) groups is 1. The van der Waals surface area contributed by atoms with Gasteiger partial charge >= 0.3 is 0 Å². The zero-order chi connectivity index (χ0) is 19.3. The monoisotopic (exact) mass is 388 g/mol. The maximum absolute atomic E-state index is 12.1. The van der Waals surface area contributed by atoms with E-state index in [-0.39, 0.29) is 5.91 Å². The number of carbonyl (C=O) groups excluding carboxylic acids is 1. The number of amides is 1. The van der Waals surface area contributed by atoms with Crippen molar-refractivity contribution in [2.45, 2.75) is 6.42 Å². The van der Waals surface area contributed by atoms with Crippen molar-refractivity contribution in [1.82, 2.24) is 10.6 Å². The number of rotatable bonds is 10. The van der Waals surface area contributed by atoms with Crippen LogP contribution in [0, 0.1) is 0 Å². The molecule has 1 amide bonds. The predicted molar refractivity (Wildman–Crippen MR) is 108 cm³/mol. The van der Waals surface area contributed by atoms with Gasteiger partial charge in [-0.15, -0.1) is 0 Å². The van der Waals surface area contributed by atoms with Crippen molar-refractivity contribution < 1.29 is 19.0 Å². The maximum Gasteiger partial charge on any atom is 0.257 e. The molecule has 0 aromatic heterocycles. The highest BCUT2D eigenvalue weighted by molar-refractivity contribution is 7.80. The molecular weight excluding hydrogens is 364 g/mol. The van der Waals surface area contributed by atoms with Gasteiger partial charge in [0.15, 0.2) is 5.11 Å². The molecular formula is C20H24N2O4S. The van der Waals surface area contributed by atoms with E-state index in [1.54, 1.807) is 31.4 Å². The molecule has 0 radical (unpaired) electrons. The second-order valence-electron chi connectivity index (χ2n) is 5.59. The van der Waals surface area contributed by atoms with Gasteiger partial charge in [-0.05, 0) is 55.0 Å². The van der Waals surface area contributed by atoms with Crippen LogP contribution in [0.5, 0.6) is 11.5 Å². The fraction of sp³-hybridized carbons (Fsp3) is 0.300. The molecule has 0 fully saturated rings. The molecule has 2 N–H and O–H groups in total. The lowest BCUT2D eigenvalue weighted by molar-refractivity contribution is 0.0976. The van der Waals surface area contributed by atoms with E-state index in [1.807, 2.05) is 30.3 Å². The number of methoxy groups -OCH3 is 1. The minimum atomic E-state index is -0.266. The normalized spacial score (nSPS) is 10.1. The summed E-state index contributed by atoms with van der Waals surface area (Å²) in [6.45, 7) is 2.14. The summed E-state index contributed by atoms with van der Waals surface area (Å²) in [6.07, 6.45) is 0.812. The summed E-state index contributed by atoms with van der Waals surface area (Å²) in [5.41, 5.74) is 0.504. The van der Waals surface area contributed by atoms with Gasteiger partial charge in [0.05, 0.1) is 0 Å². The van der Waals surface area contributed by atoms with Crippen LogP contribution >= 0.6 is 12.2 Å². The van der Waals surface area contributed by atoms with E-state index in [2.05, 4.69) is 10.6 Å². The van der Waals surface area contributed by atoms with Crippen molar-refractivity contribution >= 4 is 23.2 Å². The molecule has 7 heteroatoms. The molecule has 0 heterocycles. The number of hydrogen-bond donors (Lipinski definition) is 2. The van der Waals surface area contributed by atoms with Crippen LogP contribution < -0.4 is 20.1 Å². The quantitative estimate of drug-likeness (QED) is 0.482. The summed E-state index contributed by atoms with van der Waals surface area (Å²) in [7, 11) is 1.64. The molecule has 0 aliphatic rings. The molecule has 0 atom stereocenters. The van der Waals surface area contributed by atoms with E-state index < -0.39 is 0 Å². The number of ether oxygens (including phenoxy) is 3. The first kappa shape index (κ1) is 20.7. The molecule has 2 aromatic rings. The Morgan fingerprint density at radius 2 is 1.56 bits per heavy atom. The molecule has 144 valence electrons. The Kier molecular flexibility index (Phi) is 9.09. The number of benzene rings is 2. The second-order valence-corrected chi connectivity index (χ2v) is 6.00. The van der Waals surface area contributed by atoms with E-state index >= 15 is 0 Å². The molecule has 0 spiro atoms. The SMILES string of the molecule is COCCCNC(=S)NC(=O)c1ccc(OCCOc2ccccc2)cc1. The van der Waals surface area contributed by atoms with Crippen LogP contribution in [-0.2, 0) is 4.74 Å². The van der Waals surface area contributed by atoms with Crippen molar-refractivity contribution in [2.75, 3.05) is 33.5 Å². The summed E-state index contributed by atoms with van der Waals surface area (Å²) in [4.78, 5) is 12.1. The lowest BCUT2D eigenvalue weighted by atomic mass is 10.2. The van der Waals surface area contributed by atoms with Gasteiger partial charge in [-0.25, -0.2) is 0 Å². The summed E-state index contributed by atoms with van der Waals surface area (Å²) < 4.78 is 16.1. The van der Waals surface area contributed by atoms with Gasteiger partial charge < -0.3 is 19.5 Å². The molecule has 0 saturated carbocycles. The average molecular weight is 388 g/mol. The predicted octanol–water partition coefficient (Wildman–Crippen LogP) is 2.79. The van der Waals surface area contributed by atoms with Crippen LogP contribution in [0.4, 0.5) is 0 Å². The van der Waals surface area contributed by atoms with Crippen molar-refractivity contribution in [2.24, 2.45) is 0 Å². The second kappa shape index (κ2) is 11.9. The molecule has 0 unspecified atom stereocenters. The molecule has 2 rings (SSSR count). The van der Waals surface area contributed by atoms with Crippen LogP contribution in [0.15, 0.2) is 54.6 Å². The lowest BCUT2D eigenvalue weighted by Gasteiger charge is -2.10. The van der Waals surface area contributed by atoms with Gasteiger partial charge in [0, 0.05) is 25.8 Å². The lowest BCUT2D eigenvalue weighted by Crippen LogP contribution is -2.39. The third-order valence-electron chi connectivity index (χ3n) is 3.52. The molecule has 27 heavy (non-hydrogen) atoms.